The van der Waals surface area contributed by atoms with Crippen molar-refractivity contribution in [3.8, 4) is 0 Å². The van der Waals surface area contributed by atoms with Crippen LogP contribution in [0.2, 0.25) is 0 Å². The molecule has 2 aromatic rings. The molecule has 0 spiro atoms. The maximum atomic E-state index is 13.0. The smallest absolute Gasteiger partial charge is 0.231 e. The van der Waals surface area contributed by atoms with E-state index in [2.05, 4.69) is 34.5 Å². The van der Waals surface area contributed by atoms with E-state index in [0.717, 1.165) is 57.8 Å². The summed E-state index contributed by atoms with van der Waals surface area (Å²) < 4.78 is 5.43. The van der Waals surface area contributed by atoms with Crippen molar-refractivity contribution in [2.24, 2.45) is 0 Å². The minimum atomic E-state index is -0.0450. The summed E-state index contributed by atoms with van der Waals surface area (Å²) in [6.07, 6.45) is 3.08. The van der Waals surface area contributed by atoms with Crippen LogP contribution in [-0.2, 0) is 22.5 Å². The number of fused-ring (bicyclic) bond motifs is 1. The van der Waals surface area contributed by atoms with Gasteiger partial charge in [0.2, 0.25) is 5.91 Å². The first-order valence-corrected chi connectivity index (χ1v) is 9.58. The number of hydrogen-bond donors (Lipinski definition) is 1. The molecule has 4 rings (SSSR count). The Morgan fingerprint density at radius 1 is 1.08 bits per heavy atom. The number of rotatable bonds is 4. The first-order chi connectivity index (χ1) is 12.8. The van der Waals surface area contributed by atoms with E-state index >= 15 is 0 Å². The zero-order valence-electron chi connectivity index (χ0n) is 15.1. The summed E-state index contributed by atoms with van der Waals surface area (Å²) in [6.45, 7) is 4.30. The van der Waals surface area contributed by atoms with Crippen molar-refractivity contribution in [1.82, 2.24) is 4.90 Å². The van der Waals surface area contributed by atoms with Crippen molar-refractivity contribution in [3.05, 3.63) is 65.2 Å². The summed E-state index contributed by atoms with van der Waals surface area (Å²) >= 11 is 0. The molecule has 1 unspecified atom stereocenters. The number of carbonyl (C=O) groups excluding carboxylic acids is 1. The van der Waals surface area contributed by atoms with E-state index in [9.17, 15) is 4.79 Å². The van der Waals surface area contributed by atoms with Crippen molar-refractivity contribution in [1.29, 1.82) is 0 Å². The zero-order valence-corrected chi connectivity index (χ0v) is 15.1. The van der Waals surface area contributed by atoms with E-state index in [1.54, 1.807) is 0 Å². The van der Waals surface area contributed by atoms with Gasteiger partial charge in [0.05, 0.1) is 19.1 Å². The highest BCUT2D eigenvalue weighted by Crippen LogP contribution is 2.32. The van der Waals surface area contributed by atoms with Crippen LogP contribution in [0.4, 0.5) is 5.69 Å². The topological polar surface area (TPSA) is 41.6 Å². The fraction of sp³-hybridized carbons (Fsp3) is 0.409. The Bertz CT molecular complexity index is 768. The number of aryl methyl sites for hydroxylation is 1. The maximum Gasteiger partial charge on any atom is 0.231 e. The van der Waals surface area contributed by atoms with Gasteiger partial charge in [-0.05, 0) is 42.0 Å². The standard InChI is InChI=1S/C22H26N2O2/c25-22(20-10-5-8-17-6-1-3-9-19(17)20)23-21-11-4-2-7-18(21)16-24-12-14-26-15-13-24/h1-4,6-7,9,11,20H,5,8,10,12-16H2,(H,23,25). The van der Waals surface area contributed by atoms with Crippen LogP contribution in [0.1, 0.15) is 35.4 Å². The SMILES string of the molecule is O=C(Nc1ccccc1CN1CCOCC1)C1CCCc2ccccc21. The number of hydrogen-bond acceptors (Lipinski definition) is 3. The van der Waals surface area contributed by atoms with Gasteiger partial charge < -0.3 is 10.1 Å². The molecule has 1 N–H and O–H groups in total. The molecule has 1 saturated heterocycles. The third-order valence-corrected chi connectivity index (χ3v) is 5.46. The normalized spacial score (nSPS) is 20.4. The van der Waals surface area contributed by atoms with Gasteiger partial charge in [0, 0.05) is 25.3 Å². The molecule has 4 heteroatoms. The Hall–Kier alpha value is -2.17. The minimum absolute atomic E-state index is 0.0450. The molecule has 1 aliphatic heterocycles. The van der Waals surface area contributed by atoms with Gasteiger partial charge in [-0.3, -0.25) is 9.69 Å². The molecule has 2 aliphatic rings. The lowest BCUT2D eigenvalue weighted by molar-refractivity contribution is -0.117. The van der Waals surface area contributed by atoms with Crippen molar-refractivity contribution in [3.63, 3.8) is 0 Å². The van der Waals surface area contributed by atoms with Gasteiger partial charge in [0.1, 0.15) is 0 Å². The van der Waals surface area contributed by atoms with Crippen molar-refractivity contribution in [2.75, 3.05) is 31.6 Å². The van der Waals surface area contributed by atoms with E-state index in [0.29, 0.717) is 0 Å². The number of nitrogens with zero attached hydrogens (tertiary/aromatic N) is 1. The lowest BCUT2D eigenvalue weighted by Gasteiger charge is -2.28. The van der Waals surface area contributed by atoms with E-state index in [1.807, 2.05) is 24.3 Å². The van der Waals surface area contributed by atoms with Gasteiger partial charge in [-0.25, -0.2) is 0 Å². The third kappa shape index (κ3) is 3.81. The lowest BCUT2D eigenvalue weighted by atomic mass is 9.82. The number of morpholine rings is 1. The largest absolute Gasteiger partial charge is 0.379 e. The molecular weight excluding hydrogens is 324 g/mol. The van der Waals surface area contributed by atoms with E-state index in [1.165, 1.54) is 16.7 Å². The summed E-state index contributed by atoms with van der Waals surface area (Å²) in [5.74, 6) is 0.0722. The Balaban J connectivity index is 1.50. The maximum absolute atomic E-state index is 13.0. The van der Waals surface area contributed by atoms with E-state index in [-0.39, 0.29) is 11.8 Å². The van der Waals surface area contributed by atoms with Crippen molar-refractivity contribution in [2.45, 2.75) is 31.7 Å². The van der Waals surface area contributed by atoms with Gasteiger partial charge in [0.15, 0.2) is 0 Å². The molecule has 1 fully saturated rings. The second kappa shape index (κ2) is 8.02. The highest BCUT2D eigenvalue weighted by atomic mass is 16.5. The minimum Gasteiger partial charge on any atom is -0.379 e. The molecule has 0 saturated carbocycles. The van der Waals surface area contributed by atoms with Crippen LogP contribution in [0.5, 0.6) is 0 Å². The molecule has 1 atom stereocenters. The molecule has 1 heterocycles. The first-order valence-electron chi connectivity index (χ1n) is 9.58. The molecule has 0 aromatic heterocycles. The number of carbonyl (C=O) groups is 1. The molecule has 2 aromatic carbocycles. The summed E-state index contributed by atoms with van der Waals surface area (Å²) in [6, 6.07) is 16.5. The summed E-state index contributed by atoms with van der Waals surface area (Å²) in [4.78, 5) is 15.4. The predicted octanol–water partition coefficient (Wildman–Crippen LogP) is 3.58. The van der Waals surface area contributed by atoms with Crippen LogP contribution in [0.25, 0.3) is 0 Å². The Morgan fingerprint density at radius 2 is 1.85 bits per heavy atom. The fourth-order valence-corrected chi connectivity index (χ4v) is 4.03. The van der Waals surface area contributed by atoms with Crippen LogP contribution in [0.3, 0.4) is 0 Å². The second-order valence-electron chi connectivity index (χ2n) is 7.18. The molecule has 136 valence electrons. The molecule has 4 nitrogen and oxygen atoms in total. The second-order valence-corrected chi connectivity index (χ2v) is 7.18. The number of amides is 1. The predicted molar refractivity (Wildman–Crippen MR) is 103 cm³/mol. The van der Waals surface area contributed by atoms with Gasteiger partial charge in [-0.1, -0.05) is 42.5 Å². The number of nitrogens with one attached hydrogen (secondary N) is 1. The lowest BCUT2D eigenvalue weighted by Crippen LogP contribution is -2.36. The zero-order chi connectivity index (χ0) is 17.8. The average molecular weight is 350 g/mol. The number of para-hydroxylation sites is 1. The van der Waals surface area contributed by atoms with E-state index < -0.39 is 0 Å². The van der Waals surface area contributed by atoms with Crippen LogP contribution in [0, 0.1) is 0 Å². The highest BCUT2D eigenvalue weighted by Gasteiger charge is 2.26. The van der Waals surface area contributed by atoms with Crippen LogP contribution >= 0.6 is 0 Å². The fourth-order valence-electron chi connectivity index (χ4n) is 4.03. The monoisotopic (exact) mass is 350 g/mol. The van der Waals surface area contributed by atoms with Gasteiger partial charge in [-0.15, -0.1) is 0 Å². The van der Waals surface area contributed by atoms with Gasteiger partial charge in [-0.2, -0.15) is 0 Å². The van der Waals surface area contributed by atoms with Crippen LogP contribution < -0.4 is 5.32 Å². The Morgan fingerprint density at radius 3 is 2.73 bits per heavy atom. The number of anilines is 1. The quantitative estimate of drug-likeness (QED) is 0.916. The highest BCUT2D eigenvalue weighted by molar-refractivity contribution is 5.96. The Labute approximate surface area is 155 Å². The summed E-state index contributed by atoms with van der Waals surface area (Å²) in [7, 11) is 0. The van der Waals surface area contributed by atoms with Crippen LogP contribution in [-0.4, -0.2) is 37.1 Å². The molecule has 0 radical (unpaired) electrons. The molecule has 1 aliphatic carbocycles. The molecular formula is C22H26N2O2. The van der Waals surface area contributed by atoms with Crippen LogP contribution in [0.15, 0.2) is 48.5 Å². The summed E-state index contributed by atoms with van der Waals surface area (Å²) in [5, 5.41) is 3.21. The van der Waals surface area contributed by atoms with Gasteiger partial charge >= 0.3 is 0 Å². The molecule has 26 heavy (non-hydrogen) atoms. The Kier molecular flexibility index (Phi) is 5.32. The van der Waals surface area contributed by atoms with E-state index in [4.69, 9.17) is 4.74 Å². The third-order valence-electron chi connectivity index (χ3n) is 5.46. The van der Waals surface area contributed by atoms with Gasteiger partial charge in [0.25, 0.3) is 0 Å². The van der Waals surface area contributed by atoms with Crippen molar-refractivity contribution < 1.29 is 9.53 Å². The molecule has 1 amide bonds. The average Bonchev–Trinajstić information content (AvgIpc) is 2.70. The summed E-state index contributed by atoms with van der Waals surface area (Å²) in [5.41, 5.74) is 4.63. The van der Waals surface area contributed by atoms with Crippen molar-refractivity contribution >= 4 is 11.6 Å². The first kappa shape index (κ1) is 17.3. The number of ether oxygens (including phenoxy) is 1. The molecule has 0 bridgehead atoms. The number of benzene rings is 2.